The second-order valence-corrected chi connectivity index (χ2v) is 8.04. The number of aromatic nitrogens is 2. The van der Waals surface area contributed by atoms with Gasteiger partial charge in [0.05, 0.1) is 29.8 Å². The third kappa shape index (κ3) is 5.05. The topological polar surface area (TPSA) is 114 Å². The van der Waals surface area contributed by atoms with Crippen LogP contribution in [0.25, 0.3) is 5.52 Å². The van der Waals surface area contributed by atoms with E-state index in [0.717, 1.165) is 5.52 Å². The van der Waals surface area contributed by atoms with Crippen LogP contribution in [0.3, 0.4) is 0 Å². The molecule has 2 heterocycles. The number of methoxy groups -OCH3 is 1. The van der Waals surface area contributed by atoms with E-state index in [1.165, 1.54) is 13.2 Å². The van der Waals surface area contributed by atoms with Crippen molar-refractivity contribution in [2.75, 3.05) is 29.4 Å². The highest BCUT2D eigenvalue weighted by Crippen LogP contribution is 2.27. The van der Waals surface area contributed by atoms with Crippen molar-refractivity contribution in [3.63, 3.8) is 0 Å². The van der Waals surface area contributed by atoms with E-state index in [9.17, 15) is 13.2 Å². The van der Waals surface area contributed by atoms with Gasteiger partial charge in [-0.2, -0.15) is 5.10 Å². The summed E-state index contributed by atoms with van der Waals surface area (Å²) in [4.78, 5) is 12.0. The van der Waals surface area contributed by atoms with Crippen LogP contribution in [-0.2, 0) is 10.0 Å². The van der Waals surface area contributed by atoms with Crippen molar-refractivity contribution >= 4 is 44.5 Å². The molecule has 11 heteroatoms. The maximum Gasteiger partial charge on any atom is 0.319 e. The molecule has 0 aliphatic heterocycles. The Morgan fingerprint density at radius 3 is 2.86 bits per heavy atom. The van der Waals surface area contributed by atoms with Crippen LogP contribution in [0.5, 0.6) is 5.75 Å². The molecule has 0 aliphatic rings. The molecule has 28 heavy (non-hydrogen) atoms. The van der Waals surface area contributed by atoms with Crippen molar-refractivity contribution in [3.05, 3.63) is 53.8 Å². The summed E-state index contributed by atoms with van der Waals surface area (Å²) in [5.41, 5.74) is 1.55. The minimum atomic E-state index is -3.64. The summed E-state index contributed by atoms with van der Waals surface area (Å²) >= 11 is 5.91. The van der Waals surface area contributed by atoms with Crippen LogP contribution in [0.1, 0.15) is 0 Å². The molecule has 2 aromatic heterocycles. The molecule has 1 aromatic carbocycles. The molecular formula is C17H18ClN5O4S. The van der Waals surface area contributed by atoms with E-state index < -0.39 is 16.1 Å². The highest BCUT2D eigenvalue weighted by atomic mass is 35.5. The number of sulfonamides is 1. The monoisotopic (exact) mass is 423 g/mol. The number of amides is 2. The lowest BCUT2D eigenvalue weighted by molar-refractivity contribution is 0.252. The number of nitrogens with zero attached hydrogens (tertiary/aromatic N) is 2. The fraction of sp³-hybridized carbons (Fsp3) is 0.176. The number of carbonyl (C=O) groups excluding carboxylic acids is 1. The van der Waals surface area contributed by atoms with E-state index in [1.54, 1.807) is 47.2 Å². The fourth-order valence-corrected chi connectivity index (χ4v) is 3.59. The first-order chi connectivity index (χ1) is 13.4. The van der Waals surface area contributed by atoms with Gasteiger partial charge >= 0.3 is 6.03 Å². The van der Waals surface area contributed by atoms with Gasteiger partial charge in [-0.15, -0.1) is 0 Å². The fourth-order valence-electron chi connectivity index (χ4n) is 2.46. The number of ether oxygens (including phenoxy) is 1. The highest BCUT2D eigenvalue weighted by Gasteiger charge is 2.13. The van der Waals surface area contributed by atoms with Crippen LogP contribution in [0, 0.1) is 0 Å². The molecule has 0 spiro atoms. The van der Waals surface area contributed by atoms with E-state index in [0.29, 0.717) is 22.1 Å². The quantitative estimate of drug-likeness (QED) is 0.540. The molecule has 0 unspecified atom stereocenters. The average Bonchev–Trinajstić information content (AvgIpc) is 3.09. The lowest BCUT2D eigenvalue weighted by atomic mass is 10.3. The molecule has 0 aliphatic carbocycles. The smallest absolute Gasteiger partial charge is 0.319 e. The van der Waals surface area contributed by atoms with Crippen molar-refractivity contribution in [2.24, 2.45) is 0 Å². The molecule has 0 fully saturated rings. The summed E-state index contributed by atoms with van der Waals surface area (Å²) in [5.74, 6) is 0.140. The molecule has 3 N–H and O–H groups in total. The number of benzene rings is 1. The van der Waals surface area contributed by atoms with Gasteiger partial charge in [0.2, 0.25) is 10.0 Å². The van der Waals surface area contributed by atoms with Crippen LogP contribution in [0.4, 0.5) is 16.2 Å². The Hall–Kier alpha value is -2.98. The molecule has 3 aromatic rings. The number of hydrogen-bond donors (Lipinski definition) is 3. The number of hydrogen-bond acceptors (Lipinski definition) is 5. The van der Waals surface area contributed by atoms with Gasteiger partial charge in [0, 0.05) is 24.0 Å². The van der Waals surface area contributed by atoms with Crippen LogP contribution in [-0.4, -0.2) is 43.5 Å². The maximum absolute atomic E-state index is 12.2. The van der Waals surface area contributed by atoms with Crippen molar-refractivity contribution < 1.29 is 17.9 Å². The van der Waals surface area contributed by atoms with Gasteiger partial charge in [-0.25, -0.2) is 17.7 Å². The Kier molecular flexibility index (Phi) is 5.90. The van der Waals surface area contributed by atoms with Gasteiger partial charge in [0.15, 0.2) is 0 Å². The standard InChI is InChI=1S/C17H18ClN5O4S/c1-27-16-3-2-12(18)10-15(16)21-17(24)19-7-9-28(25,26)22-13-5-8-23-14(11-13)4-6-20-23/h2-6,8,10-11,22H,7,9H2,1H3,(H2,19,21,24). The molecule has 2 amide bonds. The predicted molar refractivity (Wildman–Crippen MR) is 108 cm³/mol. The number of anilines is 2. The molecule has 9 nitrogen and oxygen atoms in total. The zero-order chi connectivity index (χ0) is 20.1. The molecule has 0 saturated heterocycles. The lowest BCUT2D eigenvalue weighted by Gasteiger charge is -2.12. The van der Waals surface area contributed by atoms with E-state index in [4.69, 9.17) is 16.3 Å². The average molecular weight is 424 g/mol. The van der Waals surface area contributed by atoms with Gasteiger partial charge in [0.1, 0.15) is 5.75 Å². The van der Waals surface area contributed by atoms with E-state index in [2.05, 4.69) is 20.5 Å². The number of carbonyl (C=O) groups is 1. The van der Waals surface area contributed by atoms with Crippen LogP contribution in [0.15, 0.2) is 48.8 Å². The SMILES string of the molecule is COc1ccc(Cl)cc1NC(=O)NCCS(=O)(=O)Nc1ccn2nccc2c1. The summed E-state index contributed by atoms with van der Waals surface area (Å²) in [6, 6.07) is 9.22. The third-order valence-electron chi connectivity index (χ3n) is 3.74. The molecule has 0 radical (unpaired) electrons. The maximum atomic E-state index is 12.2. The van der Waals surface area contributed by atoms with E-state index in [-0.39, 0.29) is 12.3 Å². The molecule has 3 rings (SSSR count). The number of nitrogens with one attached hydrogen (secondary N) is 3. The molecule has 0 atom stereocenters. The first-order valence-corrected chi connectivity index (χ1v) is 10.2. The zero-order valence-electron chi connectivity index (χ0n) is 14.8. The Morgan fingerprint density at radius 2 is 2.07 bits per heavy atom. The van der Waals surface area contributed by atoms with Gasteiger partial charge in [-0.1, -0.05) is 11.6 Å². The number of urea groups is 1. The molecule has 0 saturated carbocycles. The van der Waals surface area contributed by atoms with Gasteiger partial charge in [-0.3, -0.25) is 4.72 Å². The Morgan fingerprint density at radius 1 is 1.25 bits per heavy atom. The predicted octanol–water partition coefficient (Wildman–Crippen LogP) is 2.56. The summed E-state index contributed by atoms with van der Waals surface area (Å²) < 4.78 is 33.7. The first kappa shape index (κ1) is 19.8. The molecule has 148 valence electrons. The summed E-state index contributed by atoms with van der Waals surface area (Å²) in [6.45, 7) is -0.0844. The number of pyridine rings is 1. The minimum Gasteiger partial charge on any atom is -0.495 e. The van der Waals surface area contributed by atoms with Crippen LogP contribution >= 0.6 is 11.6 Å². The van der Waals surface area contributed by atoms with Gasteiger partial charge in [-0.05, 0) is 36.4 Å². The van der Waals surface area contributed by atoms with Crippen molar-refractivity contribution in [1.82, 2.24) is 14.9 Å². The number of rotatable bonds is 7. The van der Waals surface area contributed by atoms with E-state index in [1.807, 2.05) is 0 Å². The Bertz CT molecular complexity index is 1100. The van der Waals surface area contributed by atoms with E-state index >= 15 is 0 Å². The normalized spacial score (nSPS) is 11.2. The van der Waals surface area contributed by atoms with Crippen LogP contribution < -0.4 is 20.1 Å². The van der Waals surface area contributed by atoms with Crippen molar-refractivity contribution in [1.29, 1.82) is 0 Å². The number of halogens is 1. The number of fused-ring (bicyclic) bond motifs is 1. The Labute approximate surface area is 166 Å². The minimum absolute atomic E-state index is 0.0844. The van der Waals surface area contributed by atoms with Crippen molar-refractivity contribution in [2.45, 2.75) is 0 Å². The summed E-state index contributed by atoms with van der Waals surface area (Å²) in [7, 11) is -2.18. The summed E-state index contributed by atoms with van der Waals surface area (Å²) in [6.07, 6.45) is 3.27. The zero-order valence-corrected chi connectivity index (χ0v) is 16.4. The first-order valence-electron chi connectivity index (χ1n) is 8.18. The largest absolute Gasteiger partial charge is 0.495 e. The summed E-state index contributed by atoms with van der Waals surface area (Å²) in [5, 5.41) is 9.53. The van der Waals surface area contributed by atoms with Crippen LogP contribution in [0.2, 0.25) is 5.02 Å². The highest BCUT2D eigenvalue weighted by molar-refractivity contribution is 7.92. The molecular weight excluding hydrogens is 406 g/mol. The Balaban J connectivity index is 1.53. The second kappa shape index (κ2) is 8.36. The molecule has 0 bridgehead atoms. The third-order valence-corrected chi connectivity index (χ3v) is 5.26. The second-order valence-electron chi connectivity index (χ2n) is 5.76. The van der Waals surface area contributed by atoms with Gasteiger partial charge in [0.25, 0.3) is 0 Å². The van der Waals surface area contributed by atoms with Gasteiger partial charge < -0.3 is 15.4 Å². The lowest BCUT2D eigenvalue weighted by Crippen LogP contribution is -2.34. The van der Waals surface area contributed by atoms with Crippen molar-refractivity contribution in [3.8, 4) is 5.75 Å².